The van der Waals surface area contributed by atoms with E-state index in [2.05, 4.69) is 0 Å². The molecule has 1 saturated carbocycles. The van der Waals surface area contributed by atoms with Crippen LogP contribution in [0.3, 0.4) is 0 Å². The number of hydrogen-bond acceptors (Lipinski definition) is 5. The second-order valence-electron chi connectivity index (χ2n) is 7.55. The van der Waals surface area contributed by atoms with Crippen molar-refractivity contribution < 1.29 is 19.4 Å². The van der Waals surface area contributed by atoms with Gasteiger partial charge in [0.15, 0.2) is 5.76 Å². The van der Waals surface area contributed by atoms with E-state index in [0.29, 0.717) is 43.0 Å². The van der Waals surface area contributed by atoms with Crippen molar-refractivity contribution in [3.8, 4) is 28.3 Å². The van der Waals surface area contributed by atoms with Gasteiger partial charge in [-0.1, -0.05) is 29.8 Å². The van der Waals surface area contributed by atoms with Gasteiger partial charge in [-0.15, -0.1) is 0 Å². The molecule has 0 amide bonds. The highest BCUT2D eigenvalue weighted by Crippen LogP contribution is 2.41. The van der Waals surface area contributed by atoms with Gasteiger partial charge in [0.1, 0.15) is 17.0 Å². The number of rotatable bonds is 4. The molecule has 0 saturated heterocycles. The number of methoxy groups -OCH3 is 1. The Morgan fingerprint density at radius 3 is 2.21 bits per heavy atom. The van der Waals surface area contributed by atoms with Crippen molar-refractivity contribution in [1.29, 1.82) is 0 Å². The summed E-state index contributed by atoms with van der Waals surface area (Å²) >= 11 is 0. The molecule has 0 aliphatic heterocycles. The Kier molecular flexibility index (Phi) is 4.96. The van der Waals surface area contributed by atoms with E-state index in [4.69, 9.17) is 14.1 Å². The highest BCUT2D eigenvalue weighted by Gasteiger charge is 2.39. The first-order valence-electron chi connectivity index (χ1n) is 9.62. The molecule has 3 aromatic rings. The molecule has 4 rings (SSSR count). The summed E-state index contributed by atoms with van der Waals surface area (Å²) in [6.45, 7) is 2.04. The third-order valence-electron chi connectivity index (χ3n) is 5.48. The van der Waals surface area contributed by atoms with Gasteiger partial charge in [-0.25, -0.2) is 4.98 Å². The standard InChI is InChI=1S/C23H25NO4/c1-15-3-5-17(6-4-15)21-20(16-7-9-19(27-2)10-8-16)24-22(28-21)23(26)13-11-18(25)12-14-23/h3-10,18,25-26H,11-14H2,1-2H3. The highest BCUT2D eigenvalue weighted by molar-refractivity contribution is 5.77. The van der Waals surface area contributed by atoms with Gasteiger partial charge in [-0.2, -0.15) is 0 Å². The number of ether oxygens (including phenoxy) is 1. The predicted octanol–water partition coefficient (Wildman–Crippen LogP) is 4.45. The number of nitrogens with zero attached hydrogens (tertiary/aromatic N) is 1. The van der Waals surface area contributed by atoms with Gasteiger partial charge in [0.25, 0.3) is 0 Å². The predicted molar refractivity (Wildman–Crippen MR) is 107 cm³/mol. The minimum atomic E-state index is -1.15. The lowest BCUT2D eigenvalue weighted by Crippen LogP contribution is -2.33. The minimum absolute atomic E-state index is 0.320. The van der Waals surface area contributed by atoms with Crippen LogP contribution in [0.15, 0.2) is 52.9 Å². The highest BCUT2D eigenvalue weighted by atomic mass is 16.5. The van der Waals surface area contributed by atoms with Gasteiger partial charge in [0.2, 0.25) is 5.89 Å². The Labute approximate surface area is 164 Å². The molecule has 0 radical (unpaired) electrons. The maximum atomic E-state index is 11.1. The molecule has 2 aromatic carbocycles. The van der Waals surface area contributed by atoms with Crippen molar-refractivity contribution in [1.82, 2.24) is 4.98 Å². The first kappa shape index (κ1) is 18.7. The molecule has 0 atom stereocenters. The van der Waals surface area contributed by atoms with E-state index in [1.165, 1.54) is 0 Å². The lowest BCUT2D eigenvalue weighted by Gasteiger charge is -2.31. The smallest absolute Gasteiger partial charge is 0.227 e. The summed E-state index contributed by atoms with van der Waals surface area (Å²) in [7, 11) is 1.63. The van der Waals surface area contributed by atoms with Gasteiger partial charge in [0, 0.05) is 11.1 Å². The molecule has 0 spiro atoms. The Bertz CT molecular complexity index is 936. The molecule has 2 N–H and O–H groups in total. The van der Waals surface area contributed by atoms with E-state index >= 15 is 0 Å². The number of aliphatic hydroxyl groups excluding tert-OH is 1. The van der Waals surface area contributed by atoms with Crippen LogP contribution >= 0.6 is 0 Å². The maximum Gasteiger partial charge on any atom is 0.227 e. The van der Waals surface area contributed by atoms with Crippen LogP contribution in [-0.4, -0.2) is 28.4 Å². The number of aryl methyl sites for hydroxylation is 1. The van der Waals surface area contributed by atoms with E-state index in [1.807, 2.05) is 55.5 Å². The Balaban J connectivity index is 1.80. The number of aliphatic hydroxyl groups is 2. The summed E-state index contributed by atoms with van der Waals surface area (Å²) in [6, 6.07) is 15.7. The Hall–Kier alpha value is -2.63. The Morgan fingerprint density at radius 1 is 1.00 bits per heavy atom. The number of hydrogen-bond donors (Lipinski definition) is 2. The average Bonchev–Trinajstić information content (AvgIpc) is 3.17. The minimum Gasteiger partial charge on any atom is -0.497 e. The first-order valence-corrected chi connectivity index (χ1v) is 9.62. The third-order valence-corrected chi connectivity index (χ3v) is 5.48. The van der Waals surface area contributed by atoms with Crippen LogP contribution in [0.5, 0.6) is 5.75 Å². The van der Waals surface area contributed by atoms with E-state index < -0.39 is 5.60 Å². The van der Waals surface area contributed by atoms with Crippen molar-refractivity contribution in [2.24, 2.45) is 0 Å². The van der Waals surface area contributed by atoms with Crippen molar-refractivity contribution in [3.05, 3.63) is 60.0 Å². The monoisotopic (exact) mass is 379 g/mol. The van der Waals surface area contributed by atoms with Crippen LogP contribution in [0.4, 0.5) is 0 Å². The molecule has 5 nitrogen and oxygen atoms in total. The number of benzene rings is 2. The zero-order chi connectivity index (χ0) is 19.7. The molecule has 1 aliphatic rings. The summed E-state index contributed by atoms with van der Waals surface area (Å²) in [5.74, 6) is 1.73. The lowest BCUT2D eigenvalue weighted by atomic mass is 9.83. The average molecular weight is 379 g/mol. The number of oxazole rings is 1. The maximum absolute atomic E-state index is 11.1. The molecule has 1 aromatic heterocycles. The fourth-order valence-electron chi connectivity index (χ4n) is 3.66. The van der Waals surface area contributed by atoms with E-state index in [9.17, 15) is 10.2 Å². The van der Waals surface area contributed by atoms with Gasteiger partial charge in [0.05, 0.1) is 13.2 Å². The zero-order valence-electron chi connectivity index (χ0n) is 16.2. The van der Waals surface area contributed by atoms with Crippen LogP contribution in [-0.2, 0) is 5.60 Å². The van der Waals surface area contributed by atoms with Gasteiger partial charge in [-0.3, -0.25) is 0 Å². The molecule has 0 unspecified atom stereocenters. The van der Waals surface area contributed by atoms with E-state index in [-0.39, 0.29) is 6.10 Å². The quantitative estimate of drug-likeness (QED) is 0.700. The summed E-state index contributed by atoms with van der Waals surface area (Å²) in [4.78, 5) is 4.72. The molecule has 1 heterocycles. The fraction of sp³-hybridized carbons (Fsp3) is 0.348. The second kappa shape index (κ2) is 7.41. The summed E-state index contributed by atoms with van der Waals surface area (Å²) < 4.78 is 11.4. The van der Waals surface area contributed by atoms with E-state index in [0.717, 1.165) is 22.4 Å². The molecular weight excluding hydrogens is 354 g/mol. The molecule has 146 valence electrons. The van der Waals surface area contributed by atoms with Crippen molar-refractivity contribution in [3.63, 3.8) is 0 Å². The van der Waals surface area contributed by atoms with Crippen LogP contribution < -0.4 is 4.74 Å². The SMILES string of the molecule is COc1ccc(-c2nc(C3(O)CCC(O)CC3)oc2-c2ccc(C)cc2)cc1. The number of aromatic nitrogens is 1. The zero-order valence-corrected chi connectivity index (χ0v) is 16.2. The van der Waals surface area contributed by atoms with Crippen molar-refractivity contribution in [2.75, 3.05) is 7.11 Å². The summed E-state index contributed by atoms with van der Waals surface area (Å²) in [5, 5.41) is 20.9. The Morgan fingerprint density at radius 2 is 1.61 bits per heavy atom. The van der Waals surface area contributed by atoms with Crippen molar-refractivity contribution in [2.45, 2.75) is 44.3 Å². The van der Waals surface area contributed by atoms with E-state index in [1.54, 1.807) is 7.11 Å². The fourth-order valence-corrected chi connectivity index (χ4v) is 3.66. The van der Waals surface area contributed by atoms with Crippen LogP contribution in [0.2, 0.25) is 0 Å². The topological polar surface area (TPSA) is 75.7 Å². The molecule has 28 heavy (non-hydrogen) atoms. The van der Waals surface area contributed by atoms with Crippen LogP contribution in [0, 0.1) is 6.92 Å². The molecule has 1 aliphatic carbocycles. The van der Waals surface area contributed by atoms with Crippen molar-refractivity contribution >= 4 is 0 Å². The second-order valence-corrected chi connectivity index (χ2v) is 7.55. The molecule has 0 bridgehead atoms. The van der Waals surface area contributed by atoms with Crippen LogP contribution in [0.25, 0.3) is 22.6 Å². The van der Waals surface area contributed by atoms with Crippen LogP contribution in [0.1, 0.15) is 37.1 Å². The molecule has 5 heteroatoms. The largest absolute Gasteiger partial charge is 0.497 e. The normalized spacial score (nSPS) is 22.2. The summed E-state index contributed by atoms with van der Waals surface area (Å²) in [5.41, 5.74) is 2.51. The lowest BCUT2D eigenvalue weighted by molar-refractivity contribution is -0.0539. The third kappa shape index (κ3) is 3.55. The summed E-state index contributed by atoms with van der Waals surface area (Å²) in [6.07, 6.45) is 1.58. The van der Waals surface area contributed by atoms with Gasteiger partial charge < -0.3 is 19.4 Å². The molecule has 1 fully saturated rings. The molecular formula is C23H25NO4. The van der Waals surface area contributed by atoms with Gasteiger partial charge >= 0.3 is 0 Å². The van der Waals surface area contributed by atoms with Gasteiger partial charge in [-0.05, 0) is 56.9 Å². The first-order chi connectivity index (χ1) is 13.5.